The molecule has 1 aliphatic rings. The molecule has 0 spiro atoms. The molecule has 0 aliphatic carbocycles. The molecule has 1 fully saturated rings. The van der Waals surface area contributed by atoms with E-state index in [9.17, 15) is 4.79 Å². The Balaban J connectivity index is 1.48. The summed E-state index contributed by atoms with van der Waals surface area (Å²) in [4.78, 5) is 16.2. The number of carbonyl (C=O) groups excluding carboxylic acids is 1. The third-order valence-corrected chi connectivity index (χ3v) is 4.41. The first kappa shape index (κ1) is 18.4. The molecule has 1 aliphatic heterocycles. The zero-order chi connectivity index (χ0) is 18.2. The van der Waals surface area contributed by atoms with Crippen molar-refractivity contribution in [3.63, 3.8) is 0 Å². The van der Waals surface area contributed by atoms with Gasteiger partial charge in [0.15, 0.2) is 0 Å². The zero-order valence-electron chi connectivity index (χ0n) is 14.7. The third-order valence-electron chi connectivity index (χ3n) is 4.41. The van der Waals surface area contributed by atoms with E-state index in [1.54, 1.807) is 12.5 Å². The quantitative estimate of drug-likeness (QED) is 0.746. The molecule has 1 aromatic heterocycles. The lowest BCUT2D eigenvalue weighted by Crippen LogP contribution is -2.51. The maximum atomic E-state index is 12.2. The summed E-state index contributed by atoms with van der Waals surface area (Å²) >= 11 is 0. The largest absolute Gasteiger partial charge is 0.488 e. The molecular formula is C19H25N3O4. The van der Waals surface area contributed by atoms with Gasteiger partial charge in [-0.2, -0.15) is 0 Å². The van der Waals surface area contributed by atoms with Crippen LogP contribution in [0.3, 0.4) is 0 Å². The standard InChI is InChI=1S/C19H25N3O4/c23-12-15-3-5-16(6-4-15)26-18-7-11-25-13-17(18)21-19(24)2-1-9-22-10-8-20-14-22/h3-6,8,10,14,17-18,23H,1-2,7,9,11-13H2,(H,21,24)/t17-,18-/m0/s1. The Morgan fingerprint density at radius 2 is 2.23 bits per heavy atom. The van der Waals surface area contributed by atoms with Crippen molar-refractivity contribution in [3.8, 4) is 5.75 Å². The molecule has 0 saturated carbocycles. The number of carbonyl (C=O) groups is 1. The SMILES string of the molecule is O=C(CCCn1ccnc1)N[C@H]1COCC[C@@H]1Oc1ccc(CO)cc1. The molecule has 7 nitrogen and oxygen atoms in total. The molecule has 140 valence electrons. The minimum atomic E-state index is -0.165. The van der Waals surface area contributed by atoms with Crippen LogP contribution in [0.25, 0.3) is 0 Å². The van der Waals surface area contributed by atoms with Crippen LogP contribution < -0.4 is 10.1 Å². The van der Waals surface area contributed by atoms with E-state index < -0.39 is 0 Å². The molecule has 0 radical (unpaired) electrons. The van der Waals surface area contributed by atoms with Crippen molar-refractivity contribution in [3.05, 3.63) is 48.5 Å². The Hall–Kier alpha value is -2.38. The van der Waals surface area contributed by atoms with Crippen molar-refractivity contribution in [2.24, 2.45) is 0 Å². The van der Waals surface area contributed by atoms with Gasteiger partial charge in [-0.05, 0) is 24.1 Å². The first-order chi connectivity index (χ1) is 12.7. The predicted octanol–water partition coefficient (Wildman–Crippen LogP) is 1.51. The number of nitrogens with zero attached hydrogens (tertiary/aromatic N) is 2. The van der Waals surface area contributed by atoms with Crippen LogP contribution in [0, 0.1) is 0 Å². The molecule has 2 atom stereocenters. The lowest BCUT2D eigenvalue weighted by molar-refractivity contribution is -0.124. The molecule has 1 aromatic carbocycles. The number of aromatic nitrogens is 2. The maximum absolute atomic E-state index is 12.2. The van der Waals surface area contributed by atoms with Crippen molar-refractivity contribution >= 4 is 5.91 Å². The lowest BCUT2D eigenvalue weighted by Gasteiger charge is -2.32. The van der Waals surface area contributed by atoms with Crippen molar-refractivity contribution in [1.29, 1.82) is 0 Å². The van der Waals surface area contributed by atoms with Crippen LogP contribution in [0.5, 0.6) is 5.75 Å². The molecule has 1 amide bonds. The van der Waals surface area contributed by atoms with Crippen LogP contribution >= 0.6 is 0 Å². The van der Waals surface area contributed by atoms with E-state index in [2.05, 4.69) is 10.3 Å². The monoisotopic (exact) mass is 359 g/mol. The number of hydrogen-bond donors (Lipinski definition) is 2. The van der Waals surface area contributed by atoms with Crippen molar-refractivity contribution < 1.29 is 19.4 Å². The zero-order valence-corrected chi connectivity index (χ0v) is 14.7. The highest BCUT2D eigenvalue weighted by atomic mass is 16.5. The van der Waals surface area contributed by atoms with Gasteiger partial charge in [0.25, 0.3) is 0 Å². The highest BCUT2D eigenvalue weighted by Gasteiger charge is 2.28. The van der Waals surface area contributed by atoms with Gasteiger partial charge in [-0.3, -0.25) is 4.79 Å². The minimum Gasteiger partial charge on any atom is -0.488 e. The van der Waals surface area contributed by atoms with Crippen LogP contribution in [-0.4, -0.2) is 45.9 Å². The van der Waals surface area contributed by atoms with E-state index in [0.717, 1.165) is 30.7 Å². The van der Waals surface area contributed by atoms with Crippen LogP contribution in [-0.2, 0) is 22.7 Å². The van der Waals surface area contributed by atoms with Gasteiger partial charge in [-0.25, -0.2) is 4.98 Å². The Bertz CT molecular complexity index is 673. The fourth-order valence-electron chi connectivity index (χ4n) is 2.96. The van der Waals surface area contributed by atoms with Crippen molar-refractivity contribution in [1.82, 2.24) is 14.9 Å². The van der Waals surface area contributed by atoms with E-state index in [-0.39, 0.29) is 24.7 Å². The number of aliphatic hydroxyl groups excluding tert-OH is 1. The molecule has 3 rings (SSSR count). The number of nitrogens with one attached hydrogen (secondary N) is 1. The summed E-state index contributed by atoms with van der Waals surface area (Å²) in [6, 6.07) is 7.18. The first-order valence-electron chi connectivity index (χ1n) is 8.94. The number of ether oxygens (including phenoxy) is 2. The topological polar surface area (TPSA) is 85.6 Å². The van der Waals surface area contributed by atoms with Crippen LogP contribution in [0.1, 0.15) is 24.8 Å². The second-order valence-corrected chi connectivity index (χ2v) is 6.40. The van der Waals surface area contributed by atoms with Gasteiger partial charge < -0.3 is 24.5 Å². The highest BCUT2D eigenvalue weighted by Crippen LogP contribution is 2.19. The Labute approximate surface area is 153 Å². The van der Waals surface area contributed by atoms with Gasteiger partial charge in [0, 0.05) is 31.8 Å². The molecule has 0 bridgehead atoms. The second-order valence-electron chi connectivity index (χ2n) is 6.40. The van der Waals surface area contributed by atoms with Crippen LogP contribution in [0.15, 0.2) is 43.0 Å². The minimum absolute atomic E-state index is 0.00448. The number of aliphatic hydroxyl groups is 1. The number of hydrogen-bond acceptors (Lipinski definition) is 5. The molecule has 26 heavy (non-hydrogen) atoms. The van der Waals surface area contributed by atoms with Gasteiger partial charge in [0.05, 0.1) is 32.2 Å². The summed E-state index contributed by atoms with van der Waals surface area (Å²) in [5, 5.41) is 12.2. The molecule has 0 unspecified atom stereocenters. The summed E-state index contributed by atoms with van der Waals surface area (Å²) in [5.74, 6) is 0.735. The molecule has 1 saturated heterocycles. The van der Waals surface area contributed by atoms with Gasteiger partial charge in [0.2, 0.25) is 5.91 Å². The Morgan fingerprint density at radius 3 is 2.96 bits per heavy atom. The van der Waals surface area contributed by atoms with E-state index >= 15 is 0 Å². The number of rotatable bonds is 8. The van der Waals surface area contributed by atoms with E-state index in [4.69, 9.17) is 14.6 Å². The molecule has 2 aromatic rings. The van der Waals surface area contributed by atoms with Crippen molar-refractivity contribution in [2.75, 3.05) is 13.2 Å². The van der Waals surface area contributed by atoms with Crippen molar-refractivity contribution in [2.45, 2.75) is 44.6 Å². The summed E-state index contributed by atoms with van der Waals surface area (Å²) in [6.07, 6.45) is 7.17. The fraction of sp³-hybridized carbons (Fsp3) is 0.474. The summed E-state index contributed by atoms with van der Waals surface area (Å²) < 4.78 is 13.5. The van der Waals surface area contributed by atoms with Gasteiger partial charge in [-0.15, -0.1) is 0 Å². The normalized spacial score (nSPS) is 19.9. The molecular weight excluding hydrogens is 334 g/mol. The highest BCUT2D eigenvalue weighted by molar-refractivity contribution is 5.76. The first-order valence-corrected chi connectivity index (χ1v) is 8.94. The number of aryl methyl sites for hydroxylation is 1. The predicted molar refractivity (Wildman–Crippen MR) is 95.6 cm³/mol. The summed E-state index contributed by atoms with van der Waals surface area (Å²) in [7, 11) is 0. The second kappa shape index (κ2) is 9.35. The van der Waals surface area contributed by atoms with Gasteiger partial charge >= 0.3 is 0 Å². The number of imidazole rings is 1. The number of benzene rings is 1. The Morgan fingerprint density at radius 1 is 1.38 bits per heavy atom. The Kier molecular flexibility index (Phi) is 6.62. The maximum Gasteiger partial charge on any atom is 0.220 e. The summed E-state index contributed by atoms with van der Waals surface area (Å²) in [5.41, 5.74) is 0.840. The van der Waals surface area contributed by atoms with E-state index in [1.165, 1.54) is 0 Å². The van der Waals surface area contributed by atoms with E-state index in [1.807, 2.05) is 35.0 Å². The molecule has 7 heteroatoms. The number of amides is 1. The molecule has 2 N–H and O–H groups in total. The smallest absolute Gasteiger partial charge is 0.220 e. The fourth-order valence-corrected chi connectivity index (χ4v) is 2.96. The lowest BCUT2D eigenvalue weighted by atomic mass is 10.1. The molecule has 2 heterocycles. The van der Waals surface area contributed by atoms with Crippen LogP contribution in [0.4, 0.5) is 0 Å². The average molecular weight is 359 g/mol. The van der Waals surface area contributed by atoms with Gasteiger partial charge in [-0.1, -0.05) is 12.1 Å². The third kappa shape index (κ3) is 5.31. The van der Waals surface area contributed by atoms with Crippen LogP contribution in [0.2, 0.25) is 0 Å². The van der Waals surface area contributed by atoms with E-state index in [0.29, 0.717) is 19.6 Å². The van der Waals surface area contributed by atoms with Gasteiger partial charge in [0.1, 0.15) is 11.9 Å². The summed E-state index contributed by atoms with van der Waals surface area (Å²) in [6.45, 7) is 1.85. The average Bonchev–Trinajstić information content (AvgIpc) is 3.17.